The molecule has 1 heterocycles. The summed E-state index contributed by atoms with van der Waals surface area (Å²) in [6.45, 7) is 1.51. The number of hydrogen-bond acceptors (Lipinski definition) is 2. The third-order valence-corrected chi connectivity index (χ3v) is 3.31. The molecule has 1 saturated heterocycles. The molecule has 1 unspecified atom stereocenters. The molecule has 1 aromatic carbocycles. The van der Waals surface area contributed by atoms with Crippen LogP contribution in [-0.4, -0.2) is 24.2 Å². The maximum absolute atomic E-state index is 11.4. The van der Waals surface area contributed by atoms with Gasteiger partial charge in [-0.2, -0.15) is 0 Å². The lowest BCUT2D eigenvalue weighted by atomic mass is 9.76. The van der Waals surface area contributed by atoms with E-state index in [0.29, 0.717) is 13.0 Å². The minimum Gasteiger partial charge on any atom is -0.481 e. The summed E-state index contributed by atoms with van der Waals surface area (Å²) in [7, 11) is 0. The van der Waals surface area contributed by atoms with E-state index in [2.05, 4.69) is 5.32 Å². The summed E-state index contributed by atoms with van der Waals surface area (Å²) < 4.78 is 0. The zero-order valence-corrected chi connectivity index (χ0v) is 9.28. The van der Waals surface area contributed by atoms with Gasteiger partial charge in [0.15, 0.2) is 0 Å². The van der Waals surface area contributed by atoms with Gasteiger partial charge in [-0.25, -0.2) is 0 Å². The van der Waals surface area contributed by atoms with Crippen molar-refractivity contribution in [1.29, 1.82) is 0 Å². The number of rotatable bonds is 3. The first-order valence-corrected chi connectivity index (χ1v) is 5.71. The third-order valence-electron chi connectivity index (χ3n) is 3.31. The normalized spacial score (nSPS) is 25.2. The van der Waals surface area contributed by atoms with Crippen LogP contribution in [0.5, 0.6) is 0 Å². The average molecular weight is 219 g/mol. The number of hydrogen-bond donors (Lipinski definition) is 2. The first-order valence-electron chi connectivity index (χ1n) is 5.71. The molecule has 0 aromatic heterocycles. The van der Waals surface area contributed by atoms with Crippen molar-refractivity contribution in [1.82, 2.24) is 5.32 Å². The van der Waals surface area contributed by atoms with Crippen LogP contribution in [0.15, 0.2) is 30.3 Å². The van der Waals surface area contributed by atoms with Gasteiger partial charge in [0.25, 0.3) is 0 Å². The van der Waals surface area contributed by atoms with E-state index >= 15 is 0 Å². The van der Waals surface area contributed by atoms with Crippen molar-refractivity contribution in [2.24, 2.45) is 5.41 Å². The lowest BCUT2D eigenvalue weighted by Crippen LogP contribution is -2.46. The Hall–Kier alpha value is -1.35. The molecule has 0 saturated carbocycles. The first-order chi connectivity index (χ1) is 7.73. The van der Waals surface area contributed by atoms with Gasteiger partial charge in [0.05, 0.1) is 5.41 Å². The Morgan fingerprint density at radius 2 is 2.12 bits per heavy atom. The SMILES string of the molecule is O=C(O)C1(Cc2ccccc2)CCCNC1. The average Bonchev–Trinajstić information content (AvgIpc) is 2.31. The van der Waals surface area contributed by atoms with Crippen LogP contribution in [0.25, 0.3) is 0 Å². The molecule has 0 spiro atoms. The topological polar surface area (TPSA) is 49.3 Å². The van der Waals surface area contributed by atoms with Gasteiger partial charge in [-0.3, -0.25) is 4.79 Å². The van der Waals surface area contributed by atoms with Gasteiger partial charge >= 0.3 is 5.97 Å². The number of benzene rings is 1. The molecule has 2 N–H and O–H groups in total. The molecule has 86 valence electrons. The van der Waals surface area contributed by atoms with Crippen molar-refractivity contribution < 1.29 is 9.90 Å². The summed E-state index contributed by atoms with van der Waals surface area (Å²) in [5.74, 6) is -0.677. The number of nitrogens with one attached hydrogen (secondary N) is 1. The van der Waals surface area contributed by atoms with Crippen LogP contribution in [0.2, 0.25) is 0 Å². The molecule has 1 fully saturated rings. The van der Waals surface area contributed by atoms with Crippen molar-refractivity contribution in [2.75, 3.05) is 13.1 Å². The van der Waals surface area contributed by atoms with Gasteiger partial charge in [-0.05, 0) is 31.4 Å². The predicted molar refractivity (Wildman–Crippen MR) is 62.3 cm³/mol. The number of carboxylic acids is 1. The fourth-order valence-corrected chi connectivity index (χ4v) is 2.36. The number of carboxylic acid groups (broad SMARTS) is 1. The summed E-state index contributed by atoms with van der Waals surface area (Å²) in [6, 6.07) is 9.87. The van der Waals surface area contributed by atoms with Crippen LogP contribution in [0.1, 0.15) is 18.4 Å². The van der Waals surface area contributed by atoms with Crippen LogP contribution < -0.4 is 5.32 Å². The highest BCUT2D eigenvalue weighted by Crippen LogP contribution is 2.30. The second kappa shape index (κ2) is 4.66. The highest BCUT2D eigenvalue weighted by molar-refractivity contribution is 5.75. The number of aliphatic carboxylic acids is 1. The summed E-state index contributed by atoms with van der Waals surface area (Å²) >= 11 is 0. The molecule has 1 aromatic rings. The van der Waals surface area contributed by atoms with Gasteiger partial charge in [-0.15, -0.1) is 0 Å². The molecule has 3 heteroatoms. The van der Waals surface area contributed by atoms with Gasteiger partial charge < -0.3 is 10.4 Å². The van der Waals surface area contributed by atoms with Crippen molar-refractivity contribution in [2.45, 2.75) is 19.3 Å². The molecule has 0 bridgehead atoms. The molecule has 3 nitrogen and oxygen atoms in total. The maximum atomic E-state index is 11.4. The van der Waals surface area contributed by atoms with E-state index in [4.69, 9.17) is 0 Å². The Morgan fingerprint density at radius 3 is 2.69 bits per heavy atom. The summed E-state index contributed by atoms with van der Waals surface area (Å²) in [5, 5.41) is 12.6. The van der Waals surface area contributed by atoms with Crippen LogP contribution in [0.3, 0.4) is 0 Å². The largest absolute Gasteiger partial charge is 0.481 e. The van der Waals surface area contributed by atoms with E-state index in [0.717, 1.165) is 24.9 Å². The molecular formula is C13H17NO2. The molecule has 16 heavy (non-hydrogen) atoms. The van der Waals surface area contributed by atoms with Crippen LogP contribution in [0, 0.1) is 5.41 Å². The zero-order chi connectivity index (χ0) is 11.4. The monoisotopic (exact) mass is 219 g/mol. The molecule has 0 amide bonds. The van der Waals surface area contributed by atoms with Gasteiger partial charge in [0, 0.05) is 6.54 Å². The van der Waals surface area contributed by atoms with E-state index in [9.17, 15) is 9.90 Å². The van der Waals surface area contributed by atoms with E-state index in [1.165, 1.54) is 0 Å². The van der Waals surface area contributed by atoms with E-state index < -0.39 is 11.4 Å². The first kappa shape index (κ1) is 11.1. The Balaban J connectivity index is 2.17. The smallest absolute Gasteiger partial charge is 0.311 e. The summed E-state index contributed by atoms with van der Waals surface area (Å²) in [5.41, 5.74) is 0.494. The lowest BCUT2D eigenvalue weighted by Gasteiger charge is -2.33. The third kappa shape index (κ3) is 2.25. The number of carbonyl (C=O) groups is 1. The quantitative estimate of drug-likeness (QED) is 0.813. The predicted octanol–water partition coefficient (Wildman–Crippen LogP) is 1.68. The summed E-state index contributed by atoms with van der Waals surface area (Å²) in [4.78, 5) is 11.4. The molecular weight excluding hydrogens is 202 g/mol. The van der Waals surface area contributed by atoms with Crippen molar-refractivity contribution in [3.8, 4) is 0 Å². The van der Waals surface area contributed by atoms with E-state index in [1.807, 2.05) is 30.3 Å². The van der Waals surface area contributed by atoms with Crippen molar-refractivity contribution >= 4 is 5.97 Å². The van der Waals surface area contributed by atoms with Crippen molar-refractivity contribution in [3.05, 3.63) is 35.9 Å². The standard InChI is InChI=1S/C13H17NO2/c15-12(16)13(7-4-8-14-10-13)9-11-5-2-1-3-6-11/h1-3,5-6,14H,4,7-10H2,(H,15,16). The molecule has 0 radical (unpaired) electrons. The van der Waals surface area contributed by atoms with Crippen molar-refractivity contribution in [3.63, 3.8) is 0 Å². The summed E-state index contributed by atoms with van der Waals surface area (Å²) in [6.07, 6.45) is 2.33. The second-order valence-electron chi connectivity index (χ2n) is 4.53. The molecule has 0 aliphatic carbocycles. The highest BCUT2D eigenvalue weighted by Gasteiger charge is 2.39. The zero-order valence-electron chi connectivity index (χ0n) is 9.28. The Morgan fingerprint density at radius 1 is 1.38 bits per heavy atom. The highest BCUT2D eigenvalue weighted by atomic mass is 16.4. The molecule has 1 aliphatic rings. The maximum Gasteiger partial charge on any atom is 0.311 e. The Kier molecular flexibility index (Phi) is 3.25. The van der Waals surface area contributed by atoms with Crippen LogP contribution in [-0.2, 0) is 11.2 Å². The minimum absolute atomic E-state index is 0.581. The number of piperidine rings is 1. The molecule has 1 atom stereocenters. The van der Waals surface area contributed by atoms with Gasteiger partial charge in [0.1, 0.15) is 0 Å². The Labute approximate surface area is 95.5 Å². The van der Waals surface area contributed by atoms with Crippen LogP contribution >= 0.6 is 0 Å². The van der Waals surface area contributed by atoms with E-state index in [-0.39, 0.29) is 0 Å². The fourth-order valence-electron chi connectivity index (χ4n) is 2.36. The van der Waals surface area contributed by atoms with E-state index in [1.54, 1.807) is 0 Å². The lowest BCUT2D eigenvalue weighted by molar-refractivity contribution is -0.150. The van der Waals surface area contributed by atoms with Crippen LogP contribution in [0.4, 0.5) is 0 Å². The Bertz CT molecular complexity index is 355. The van der Waals surface area contributed by atoms with Gasteiger partial charge in [-0.1, -0.05) is 30.3 Å². The second-order valence-corrected chi connectivity index (χ2v) is 4.53. The van der Waals surface area contributed by atoms with Gasteiger partial charge in [0.2, 0.25) is 0 Å². The molecule has 2 rings (SSSR count). The molecule has 1 aliphatic heterocycles. The fraction of sp³-hybridized carbons (Fsp3) is 0.462. The minimum atomic E-state index is -0.677.